The molecular formula is C11H13BrN2. The van der Waals surface area contributed by atoms with Gasteiger partial charge in [0.05, 0.1) is 11.2 Å². The second kappa shape index (κ2) is 4.51. The molecule has 0 radical (unpaired) electrons. The summed E-state index contributed by atoms with van der Waals surface area (Å²) in [5.74, 6) is 0. The molecular weight excluding hydrogens is 240 g/mol. The van der Waals surface area contributed by atoms with Gasteiger partial charge in [-0.15, -0.1) is 6.58 Å². The molecule has 0 spiro atoms. The minimum atomic E-state index is -0.299. The maximum Gasteiger partial charge on any atom is 0.0941 e. The molecule has 2 nitrogen and oxygen atoms in total. The van der Waals surface area contributed by atoms with Gasteiger partial charge < -0.3 is 0 Å². The van der Waals surface area contributed by atoms with Crippen LogP contribution in [-0.4, -0.2) is 5.54 Å². The standard InChI is InChI=1S/C11H13BrN2/c1-4-11(2,3)14-13-10-7-5-9(12)6-8-10/h4-8H,1H2,2-3H3. The highest BCUT2D eigenvalue weighted by molar-refractivity contribution is 9.10. The summed E-state index contributed by atoms with van der Waals surface area (Å²) in [5.41, 5.74) is 0.552. The summed E-state index contributed by atoms with van der Waals surface area (Å²) in [6.07, 6.45) is 1.77. The lowest BCUT2D eigenvalue weighted by Crippen LogP contribution is -2.09. The van der Waals surface area contributed by atoms with Crippen molar-refractivity contribution in [2.75, 3.05) is 0 Å². The van der Waals surface area contributed by atoms with Crippen LogP contribution in [0, 0.1) is 0 Å². The van der Waals surface area contributed by atoms with Crippen molar-refractivity contribution in [2.45, 2.75) is 19.4 Å². The first kappa shape index (κ1) is 11.1. The summed E-state index contributed by atoms with van der Waals surface area (Å²) in [6.45, 7) is 7.62. The third-order valence-corrected chi connectivity index (χ3v) is 2.28. The molecule has 1 aromatic carbocycles. The molecule has 0 heterocycles. The van der Waals surface area contributed by atoms with Gasteiger partial charge in [0.15, 0.2) is 0 Å². The lowest BCUT2D eigenvalue weighted by Gasteiger charge is -2.10. The molecule has 0 atom stereocenters. The maximum atomic E-state index is 4.17. The second-order valence-corrected chi connectivity index (χ2v) is 4.45. The highest BCUT2D eigenvalue weighted by Crippen LogP contribution is 2.19. The van der Waals surface area contributed by atoms with Gasteiger partial charge in [0.25, 0.3) is 0 Å². The van der Waals surface area contributed by atoms with E-state index in [0.717, 1.165) is 10.2 Å². The molecule has 0 unspecified atom stereocenters. The Labute approximate surface area is 92.9 Å². The molecule has 1 rings (SSSR count). The maximum absolute atomic E-state index is 4.17. The van der Waals surface area contributed by atoms with E-state index in [9.17, 15) is 0 Å². The lowest BCUT2D eigenvalue weighted by atomic mass is 10.1. The SMILES string of the molecule is C=CC(C)(C)N=Nc1ccc(Br)cc1. The van der Waals surface area contributed by atoms with Gasteiger partial charge in [-0.1, -0.05) is 22.0 Å². The van der Waals surface area contributed by atoms with Crippen molar-refractivity contribution in [3.63, 3.8) is 0 Å². The fourth-order valence-corrected chi connectivity index (χ4v) is 1.000. The van der Waals surface area contributed by atoms with E-state index < -0.39 is 0 Å². The minimum Gasteiger partial charge on any atom is -0.178 e. The van der Waals surface area contributed by atoms with Gasteiger partial charge in [0.2, 0.25) is 0 Å². The summed E-state index contributed by atoms with van der Waals surface area (Å²) in [7, 11) is 0. The van der Waals surface area contributed by atoms with Crippen molar-refractivity contribution in [1.82, 2.24) is 0 Å². The first-order chi connectivity index (χ1) is 6.53. The average molecular weight is 253 g/mol. The first-order valence-corrected chi connectivity index (χ1v) is 5.15. The Hall–Kier alpha value is -0.960. The summed E-state index contributed by atoms with van der Waals surface area (Å²) in [6, 6.07) is 7.70. The Balaban J connectivity index is 2.78. The first-order valence-electron chi connectivity index (χ1n) is 4.35. The molecule has 0 saturated heterocycles. The van der Waals surface area contributed by atoms with E-state index in [0.29, 0.717) is 0 Å². The van der Waals surface area contributed by atoms with Crippen LogP contribution in [0.25, 0.3) is 0 Å². The summed E-state index contributed by atoms with van der Waals surface area (Å²) in [5, 5.41) is 8.29. The highest BCUT2D eigenvalue weighted by atomic mass is 79.9. The van der Waals surface area contributed by atoms with Crippen LogP contribution >= 0.6 is 15.9 Å². The van der Waals surface area contributed by atoms with Crippen LogP contribution in [0.15, 0.2) is 51.6 Å². The monoisotopic (exact) mass is 252 g/mol. The molecule has 1 aromatic rings. The summed E-state index contributed by atoms with van der Waals surface area (Å²) < 4.78 is 1.04. The molecule has 0 saturated carbocycles. The van der Waals surface area contributed by atoms with E-state index in [1.165, 1.54) is 0 Å². The van der Waals surface area contributed by atoms with Crippen LogP contribution in [0.1, 0.15) is 13.8 Å². The Morgan fingerprint density at radius 3 is 2.36 bits per heavy atom. The molecule has 74 valence electrons. The van der Waals surface area contributed by atoms with Crippen LogP contribution in [-0.2, 0) is 0 Å². The van der Waals surface area contributed by atoms with Crippen molar-refractivity contribution < 1.29 is 0 Å². The van der Waals surface area contributed by atoms with Crippen molar-refractivity contribution in [3.05, 3.63) is 41.4 Å². The zero-order valence-corrected chi connectivity index (χ0v) is 9.95. The molecule has 0 aliphatic rings. The third-order valence-electron chi connectivity index (χ3n) is 1.75. The normalized spacial score (nSPS) is 11.9. The third kappa shape index (κ3) is 3.42. The van der Waals surface area contributed by atoms with Gasteiger partial charge in [-0.25, -0.2) is 0 Å². The molecule has 0 N–H and O–H groups in total. The number of benzene rings is 1. The van der Waals surface area contributed by atoms with E-state index in [4.69, 9.17) is 0 Å². The van der Waals surface area contributed by atoms with Gasteiger partial charge in [0.1, 0.15) is 0 Å². The highest BCUT2D eigenvalue weighted by Gasteiger charge is 2.09. The molecule has 0 fully saturated rings. The average Bonchev–Trinajstić information content (AvgIpc) is 2.17. The van der Waals surface area contributed by atoms with Crippen LogP contribution in [0.4, 0.5) is 5.69 Å². The number of rotatable bonds is 3. The number of halogens is 1. The summed E-state index contributed by atoms with van der Waals surface area (Å²) in [4.78, 5) is 0. The number of nitrogens with zero attached hydrogens (tertiary/aromatic N) is 2. The Morgan fingerprint density at radius 2 is 1.86 bits per heavy atom. The molecule has 0 aromatic heterocycles. The number of hydrogen-bond donors (Lipinski definition) is 0. The summed E-state index contributed by atoms with van der Waals surface area (Å²) >= 11 is 3.36. The van der Waals surface area contributed by atoms with Gasteiger partial charge in [-0.3, -0.25) is 0 Å². The molecule has 0 aliphatic heterocycles. The largest absolute Gasteiger partial charge is 0.178 e. The zero-order valence-electron chi connectivity index (χ0n) is 8.37. The molecule has 0 aliphatic carbocycles. The van der Waals surface area contributed by atoms with Crippen LogP contribution in [0.2, 0.25) is 0 Å². The van der Waals surface area contributed by atoms with E-state index in [1.807, 2.05) is 38.1 Å². The van der Waals surface area contributed by atoms with Crippen LogP contribution in [0.5, 0.6) is 0 Å². The van der Waals surface area contributed by atoms with Crippen molar-refractivity contribution >= 4 is 21.6 Å². The quantitative estimate of drug-likeness (QED) is 0.559. The second-order valence-electron chi connectivity index (χ2n) is 3.53. The van der Waals surface area contributed by atoms with Crippen molar-refractivity contribution in [1.29, 1.82) is 0 Å². The van der Waals surface area contributed by atoms with E-state index >= 15 is 0 Å². The van der Waals surface area contributed by atoms with Crippen molar-refractivity contribution in [3.8, 4) is 0 Å². The lowest BCUT2D eigenvalue weighted by molar-refractivity contribution is 0.621. The van der Waals surface area contributed by atoms with Crippen LogP contribution in [0.3, 0.4) is 0 Å². The Kier molecular flexibility index (Phi) is 3.58. The number of azo groups is 1. The van der Waals surface area contributed by atoms with Gasteiger partial charge in [0, 0.05) is 4.47 Å². The van der Waals surface area contributed by atoms with E-state index in [1.54, 1.807) is 6.08 Å². The molecule has 0 amide bonds. The number of hydrogen-bond acceptors (Lipinski definition) is 2. The van der Waals surface area contributed by atoms with Gasteiger partial charge in [-0.05, 0) is 38.1 Å². The van der Waals surface area contributed by atoms with Crippen molar-refractivity contribution in [2.24, 2.45) is 10.2 Å². The predicted octanol–water partition coefficient (Wildman–Crippen LogP) is 4.50. The predicted molar refractivity (Wildman–Crippen MR) is 62.9 cm³/mol. The minimum absolute atomic E-state index is 0.299. The van der Waals surface area contributed by atoms with Gasteiger partial charge in [-0.2, -0.15) is 10.2 Å². The van der Waals surface area contributed by atoms with Gasteiger partial charge >= 0.3 is 0 Å². The topological polar surface area (TPSA) is 24.7 Å². The fourth-order valence-electron chi connectivity index (χ4n) is 0.735. The van der Waals surface area contributed by atoms with E-state index in [-0.39, 0.29) is 5.54 Å². The molecule has 3 heteroatoms. The Bertz CT molecular complexity index is 339. The Morgan fingerprint density at radius 1 is 1.29 bits per heavy atom. The fraction of sp³-hybridized carbons (Fsp3) is 0.273. The van der Waals surface area contributed by atoms with Crippen LogP contribution < -0.4 is 0 Å². The smallest absolute Gasteiger partial charge is 0.0941 e. The molecule has 0 bridgehead atoms. The zero-order chi connectivity index (χ0) is 10.6. The molecule has 14 heavy (non-hydrogen) atoms. The van der Waals surface area contributed by atoms with E-state index in [2.05, 4.69) is 32.7 Å².